The SMILES string of the molecule is CN(c1ccncc1)S(=O)(=O)c1csc(C(=O)O)c1. The fourth-order valence-corrected chi connectivity index (χ4v) is 3.71. The Labute approximate surface area is 114 Å². The van der Waals surface area contributed by atoms with Crippen molar-refractivity contribution in [2.75, 3.05) is 11.4 Å². The van der Waals surface area contributed by atoms with Crippen LogP contribution in [0, 0.1) is 0 Å². The zero-order valence-corrected chi connectivity index (χ0v) is 11.5. The van der Waals surface area contributed by atoms with E-state index in [0.29, 0.717) is 5.69 Å². The Morgan fingerprint density at radius 3 is 2.53 bits per heavy atom. The molecule has 19 heavy (non-hydrogen) atoms. The molecule has 2 aromatic heterocycles. The summed E-state index contributed by atoms with van der Waals surface area (Å²) in [6.45, 7) is 0. The highest BCUT2D eigenvalue weighted by Crippen LogP contribution is 2.25. The molecule has 0 amide bonds. The van der Waals surface area contributed by atoms with Crippen LogP contribution in [0.3, 0.4) is 0 Å². The minimum Gasteiger partial charge on any atom is -0.477 e. The smallest absolute Gasteiger partial charge is 0.345 e. The second-order valence-electron chi connectivity index (χ2n) is 3.63. The third-order valence-electron chi connectivity index (χ3n) is 2.47. The quantitative estimate of drug-likeness (QED) is 0.927. The molecule has 100 valence electrons. The van der Waals surface area contributed by atoms with Gasteiger partial charge in [0.15, 0.2) is 0 Å². The highest BCUT2D eigenvalue weighted by Gasteiger charge is 2.23. The first-order valence-electron chi connectivity index (χ1n) is 5.13. The number of thiophene rings is 1. The second-order valence-corrected chi connectivity index (χ2v) is 6.51. The molecular formula is C11H10N2O4S2. The van der Waals surface area contributed by atoms with Crippen LogP contribution in [0.5, 0.6) is 0 Å². The maximum Gasteiger partial charge on any atom is 0.345 e. The number of hydrogen-bond donors (Lipinski definition) is 1. The van der Waals surface area contributed by atoms with Gasteiger partial charge in [-0.25, -0.2) is 13.2 Å². The molecule has 0 bridgehead atoms. The average Bonchev–Trinajstić information content (AvgIpc) is 2.89. The molecule has 0 saturated carbocycles. The molecule has 0 aliphatic carbocycles. The second kappa shape index (κ2) is 4.98. The van der Waals surface area contributed by atoms with Crippen LogP contribution < -0.4 is 4.31 Å². The summed E-state index contributed by atoms with van der Waals surface area (Å²) in [5.41, 5.74) is 0.457. The predicted octanol–water partition coefficient (Wildman–Crippen LogP) is 1.67. The fourth-order valence-electron chi connectivity index (χ4n) is 1.42. The van der Waals surface area contributed by atoms with Gasteiger partial charge >= 0.3 is 5.97 Å². The number of rotatable bonds is 4. The third kappa shape index (κ3) is 2.59. The van der Waals surface area contributed by atoms with Crippen molar-refractivity contribution in [2.45, 2.75) is 4.90 Å². The van der Waals surface area contributed by atoms with Crippen LogP contribution in [0.2, 0.25) is 0 Å². The number of aromatic carboxylic acids is 1. The van der Waals surface area contributed by atoms with Crippen LogP contribution in [0.15, 0.2) is 40.9 Å². The van der Waals surface area contributed by atoms with Gasteiger partial charge < -0.3 is 5.11 Å². The number of pyridine rings is 1. The fraction of sp³-hybridized carbons (Fsp3) is 0.0909. The van der Waals surface area contributed by atoms with Gasteiger partial charge in [0, 0.05) is 24.8 Å². The Morgan fingerprint density at radius 2 is 2.00 bits per heavy atom. The van der Waals surface area contributed by atoms with E-state index in [4.69, 9.17) is 5.11 Å². The van der Waals surface area contributed by atoms with Crippen LogP contribution in [0.4, 0.5) is 5.69 Å². The minimum absolute atomic E-state index is 0.0123. The number of carboxylic acids is 1. The molecule has 0 fully saturated rings. The largest absolute Gasteiger partial charge is 0.477 e. The van der Waals surface area contributed by atoms with E-state index in [1.54, 1.807) is 12.1 Å². The lowest BCUT2D eigenvalue weighted by atomic mass is 10.4. The van der Waals surface area contributed by atoms with Gasteiger partial charge in [0.05, 0.1) is 10.6 Å². The van der Waals surface area contributed by atoms with E-state index >= 15 is 0 Å². The molecule has 0 aliphatic heterocycles. The van der Waals surface area contributed by atoms with Gasteiger partial charge in [0.25, 0.3) is 10.0 Å². The van der Waals surface area contributed by atoms with Crippen LogP contribution in [0.25, 0.3) is 0 Å². The van der Waals surface area contributed by atoms with Crippen molar-refractivity contribution in [1.29, 1.82) is 0 Å². The highest BCUT2D eigenvalue weighted by molar-refractivity contribution is 7.93. The summed E-state index contributed by atoms with van der Waals surface area (Å²) < 4.78 is 25.7. The molecule has 0 atom stereocenters. The van der Waals surface area contributed by atoms with Crippen molar-refractivity contribution in [3.63, 3.8) is 0 Å². The van der Waals surface area contributed by atoms with Crippen LogP contribution in [0.1, 0.15) is 9.67 Å². The van der Waals surface area contributed by atoms with E-state index in [1.165, 1.54) is 24.8 Å². The third-order valence-corrected chi connectivity index (χ3v) is 5.30. The lowest BCUT2D eigenvalue weighted by Crippen LogP contribution is -2.26. The standard InChI is InChI=1S/C11H10N2O4S2/c1-13(8-2-4-12-5-3-8)19(16,17)9-6-10(11(14)15)18-7-9/h2-7H,1H3,(H,14,15). The van der Waals surface area contributed by atoms with Gasteiger partial charge in [0.1, 0.15) is 4.88 Å². The van der Waals surface area contributed by atoms with Gasteiger partial charge in [-0.2, -0.15) is 0 Å². The molecule has 0 saturated heterocycles. The number of hydrogen-bond acceptors (Lipinski definition) is 5. The number of carbonyl (C=O) groups is 1. The van der Waals surface area contributed by atoms with E-state index < -0.39 is 16.0 Å². The average molecular weight is 298 g/mol. The first-order chi connectivity index (χ1) is 8.93. The van der Waals surface area contributed by atoms with E-state index in [0.717, 1.165) is 21.7 Å². The summed E-state index contributed by atoms with van der Waals surface area (Å²) in [5.74, 6) is -1.14. The molecule has 2 heterocycles. The number of aromatic nitrogens is 1. The molecule has 0 aromatic carbocycles. The van der Waals surface area contributed by atoms with Gasteiger partial charge in [-0.15, -0.1) is 11.3 Å². The molecule has 6 nitrogen and oxygen atoms in total. The molecule has 8 heteroatoms. The number of sulfonamides is 1. The number of anilines is 1. The van der Waals surface area contributed by atoms with Crippen molar-refractivity contribution in [3.8, 4) is 0 Å². The Bertz CT molecular complexity index is 694. The van der Waals surface area contributed by atoms with Gasteiger partial charge in [0.2, 0.25) is 0 Å². The van der Waals surface area contributed by atoms with Crippen LogP contribution in [-0.4, -0.2) is 31.5 Å². The van der Waals surface area contributed by atoms with E-state index in [1.807, 2.05) is 0 Å². The first kappa shape index (κ1) is 13.5. The zero-order chi connectivity index (χ0) is 14.0. The topological polar surface area (TPSA) is 87.6 Å². The van der Waals surface area contributed by atoms with Crippen molar-refractivity contribution in [1.82, 2.24) is 4.98 Å². The molecule has 1 N–H and O–H groups in total. The Balaban J connectivity index is 2.39. The van der Waals surface area contributed by atoms with Crippen molar-refractivity contribution >= 4 is 33.0 Å². The zero-order valence-electron chi connectivity index (χ0n) is 9.85. The minimum atomic E-state index is -3.75. The highest BCUT2D eigenvalue weighted by atomic mass is 32.2. The summed E-state index contributed by atoms with van der Waals surface area (Å²) in [4.78, 5) is 14.5. The maximum absolute atomic E-state index is 12.3. The van der Waals surface area contributed by atoms with Gasteiger partial charge in [-0.1, -0.05) is 0 Å². The van der Waals surface area contributed by atoms with Crippen molar-refractivity contribution < 1.29 is 18.3 Å². The molecule has 0 spiro atoms. The first-order valence-corrected chi connectivity index (χ1v) is 7.45. The van der Waals surface area contributed by atoms with Crippen LogP contribution >= 0.6 is 11.3 Å². The lowest BCUT2D eigenvalue weighted by molar-refractivity contribution is 0.0702. The van der Waals surface area contributed by atoms with Crippen molar-refractivity contribution in [3.05, 3.63) is 40.8 Å². The molecule has 0 aliphatic rings. The summed E-state index contributed by atoms with van der Waals surface area (Å²) in [6, 6.07) is 4.27. The molecule has 0 radical (unpaired) electrons. The summed E-state index contributed by atoms with van der Waals surface area (Å²) in [6.07, 6.45) is 2.97. The summed E-state index contributed by atoms with van der Waals surface area (Å²) >= 11 is 0.879. The van der Waals surface area contributed by atoms with Gasteiger partial charge in [-0.3, -0.25) is 9.29 Å². The lowest BCUT2D eigenvalue weighted by Gasteiger charge is -2.18. The van der Waals surface area contributed by atoms with E-state index in [9.17, 15) is 13.2 Å². The summed E-state index contributed by atoms with van der Waals surface area (Å²) in [7, 11) is -2.35. The monoisotopic (exact) mass is 298 g/mol. The molecule has 2 rings (SSSR count). The molecular weight excluding hydrogens is 288 g/mol. The van der Waals surface area contributed by atoms with Crippen LogP contribution in [-0.2, 0) is 10.0 Å². The Hall–Kier alpha value is -1.93. The number of nitrogens with zero attached hydrogens (tertiary/aromatic N) is 2. The maximum atomic E-state index is 12.3. The predicted molar refractivity (Wildman–Crippen MR) is 71.1 cm³/mol. The molecule has 2 aromatic rings. The Morgan fingerprint density at radius 1 is 1.37 bits per heavy atom. The van der Waals surface area contributed by atoms with Crippen molar-refractivity contribution in [2.24, 2.45) is 0 Å². The van der Waals surface area contributed by atoms with E-state index in [-0.39, 0.29) is 9.77 Å². The normalized spacial score (nSPS) is 11.2. The van der Waals surface area contributed by atoms with Gasteiger partial charge in [-0.05, 0) is 18.2 Å². The van der Waals surface area contributed by atoms with E-state index in [2.05, 4.69) is 4.98 Å². The Kier molecular flexibility index (Phi) is 3.54. The number of carboxylic acid groups (broad SMARTS) is 1. The molecule has 0 unspecified atom stereocenters. The summed E-state index contributed by atoms with van der Waals surface area (Å²) in [5, 5.41) is 10.1.